The van der Waals surface area contributed by atoms with Crippen molar-refractivity contribution in [3.8, 4) is 0 Å². The number of hydrogen-bond donors (Lipinski definition) is 0. The number of amides is 1. The SMILES string of the molecule is C=CCN(C)C(=O)c1c(F)cc(F)cc1F. The molecule has 0 aliphatic rings. The zero-order valence-corrected chi connectivity index (χ0v) is 8.64. The lowest BCUT2D eigenvalue weighted by Gasteiger charge is -2.15. The summed E-state index contributed by atoms with van der Waals surface area (Å²) in [5.74, 6) is -4.33. The quantitative estimate of drug-likeness (QED) is 0.728. The van der Waals surface area contributed by atoms with Crippen LogP contribution in [0.25, 0.3) is 0 Å². The third-order valence-corrected chi connectivity index (χ3v) is 1.97. The van der Waals surface area contributed by atoms with E-state index in [1.54, 1.807) is 0 Å². The summed E-state index contributed by atoms with van der Waals surface area (Å²) < 4.78 is 39.0. The topological polar surface area (TPSA) is 20.3 Å². The lowest BCUT2D eigenvalue weighted by atomic mass is 10.1. The summed E-state index contributed by atoms with van der Waals surface area (Å²) >= 11 is 0. The van der Waals surface area contributed by atoms with Crippen LogP contribution in [0.5, 0.6) is 0 Å². The van der Waals surface area contributed by atoms with Crippen LogP contribution in [-0.4, -0.2) is 24.4 Å². The maximum absolute atomic E-state index is 13.2. The van der Waals surface area contributed by atoms with E-state index < -0.39 is 28.9 Å². The molecule has 0 saturated carbocycles. The first-order valence-corrected chi connectivity index (χ1v) is 4.48. The predicted molar refractivity (Wildman–Crippen MR) is 53.5 cm³/mol. The molecular formula is C11H10F3NO. The van der Waals surface area contributed by atoms with Crippen molar-refractivity contribution < 1.29 is 18.0 Å². The van der Waals surface area contributed by atoms with Gasteiger partial charge in [-0.2, -0.15) is 0 Å². The Hall–Kier alpha value is -1.78. The highest BCUT2D eigenvalue weighted by Crippen LogP contribution is 2.16. The number of halogens is 3. The Morgan fingerprint density at radius 3 is 2.31 bits per heavy atom. The summed E-state index contributed by atoms with van der Waals surface area (Å²) in [6.07, 6.45) is 1.41. The number of hydrogen-bond acceptors (Lipinski definition) is 1. The number of rotatable bonds is 3. The molecule has 0 N–H and O–H groups in total. The van der Waals surface area contributed by atoms with E-state index in [-0.39, 0.29) is 6.54 Å². The van der Waals surface area contributed by atoms with Gasteiger partial charge in [-0.15, -0.1) is 6.58 Å². The molecule has 0 spiro atoms. The molecular weight excluding hydrogens is 219 g/mol. The van der Waals surface area contributed by atoms with Crippen molar-refractivity contribution in [3.05, 3.63) is 47.8 Å². The summed E-state index contributed by atoms with van der Waals surface area (Å²) in [7, 11) is 1.37. The molecule has 0 saturated heterocycles. The monoisotopic (exact) mass is 229 g/mol. The predicted octanol–water partition coefficient (Wildman–Crippen LogP) is 2.36. The molecule has 0 unspecified atom stereocenters. The van der Waals surface area contributed by atoms with Gasteiger partial charge in [-0.05, 0) is 0 Å². The Balaban J connectivity index is 3.13. The summed E-state index contributed by atoms with van der Waals surface area (Å²) in [6, 6.07) is 0.941. The van der Waals surface area contributed by atoms with Crippen molar-refractivity contribution in [2.45, 2.75) is 0 Å². The Morgan fingerprint density at radius 2 is 1.88 bits per heavy atom. The zero-order valence-electron chi connectivity index (χ0n) is 8.64. The van der Waals surface area contributed by atoms with E-state index in [1.165, 1.54) is 13.1 Å². The molecule has 1 rings (SSSR count). The molecule has 0 atom stereocenters. The van der Waals surface area contributed by atoms with E-state index in [9.17, 15) is 18.0 Å². The number of carbonyl (C=O) groups excluding carboxylic acids is 1. The molecule has 1 amide bonds. The van der Waals surface area contributed by atoms with Crippen LogP contribution in [0.1, 0.15) is 10.4 Å². The van der Waals surface area contributed by atoms with Crippen LogP contribution in [0.3, 0.4) is 0 Å². The van der Waals surface area contributed by atoms with E-state index in [4.69, 9.17) is 0 Å². The highest BCUT2D eigenvalue weighted by atomic mass is 19.1. The molecule has 0 bridgehead atoms. The Bertz CT molecular complexity index is 408. The van der Waals surface area contributed by atoms with Crippen molar-refractivity contribution in [2.24, 2.45) is 0 Å². The number of benzene rings is 1. The van der Waals surface area contributed by atoms with Gasteiger partial charge in [0.25, 0.3) is 5.91 Å². The van der Waals surface area contributed by atoms with Crippen molar-refractivity contribution >= 4 is 5.91 Å². The van der Waals surface area contributed by atoms with Gasteiger partial charge in [-0.25, -0.2) is 13.2 Å². The molecule has 0 heterocycles. The van der Waals surface area contributed by atoms with E-state index >= 15 is 0 Å². The second-order valence-electron chi connectivity index (χ2n) is 3.22. The van der Waals surface area contributed by atoms with E-state index in [2.05, 4.69) is 6.58 Å². The molecule has 5 heteroatoms. The fraction of sp³-hybridized carbons (Fsp3) is 0.182. The third kappa shape index (κ3) is 2.42. The van der Waals surface area contributed by atoms with Gasteiger partial charge in [0.2, 0.25) is 0 Å². The number of carbonyl (C=O) groups is 1. The Labute approximate surface area is 91.0 Å². The van der Waals surface area contributed by atoms with Gasteiger partial charge in [0, 0.05) is 25.7 Å². The molecule has 0 aliphatic heterocycles. The fourth-order valence-corrected chi connectivity index (χ4v) is 1.21. The van der Waals surface area contributed by atoms with Gasteiger partial charge in [-0.1, -0.05) is 6.08 Å². The Morgan fingerprint density at radius 1 is 1.38 bits per heavy atom. The van der Waals surface area contributed by atoms with Crippen LogP contribution in [0.2, 0.25) is 0 Å². The van der Waals surface area contributed by atoms with Crippen LogP contribution in [0.4, 0.5) is 13.2 Å². The minimum Gasteiger partial charge on any atom is -0.338 e. The zero-order chi connectivity index (χ0) is 12.3. The minimum atomic E-state index is -1.21. The largest absolute Gasteiger partial charge is 0.338 e. The lowest BCUT2D eigenvalue weighted by Crippen LogP contribution is -2.28. The number of likely N-dealkylation sites (N-methyl/N-ethyl adjacent to an activating group) is 1. The Kier molecular flexibility index (Phi) is 3.71. The summed E-state index contributed by atoms with van der Waals surface area (Å²) in [4.78, 5) is 12.6. The highest BCUT2D eigenvalue weighted by Gasteiger charge is 2.21. The average molecular weight is 229 g/mol. The van der Waals surface area contributed by atoms with E-state index in [1.807, 2.05) is 0 Å². The van der Waals surface area contributed by atoms with Crippen LogP contribution in [-0.2, 0) is 0 Å². The van der Waals surface area contributed by atoms with Gasteiger partial charge < -0.3 is 4.90 Å². The van der Waals surface area contributed by atoms with Gasteiger partial charge in [0.1, 0.15) is 23.0 Å². The number of nitrogens with zero attached hydrogens (tertiary/aromatic N) is 1. The lowest BCUT2D eigenvalue weighted by molar-refractivity contribution is 0.0800. The molecule has 1 aromatic carbocycles. The normalized spacial score (nSPS) is 10.0. The fourth-order valence-electron chi connectivity index (χ4n) is 1.21. The van der Waals surface area contributed by atoms with Gasteiger partial charge >= 0.3 is 0 Å². The second kappa shape index (κ2) is 4.83. The minimum absolute atomic E-state index is 0.148. The van der Waals surface area contributed by atoms with Gasteiger partial charge in [0.15, 0.2) is 0 Å². The van der Waals surface area contributed by atoms with E-state index in [0.29, 0.717) is 12.1 Å². The maximum Gasteiger partial charge on any atom is 0.259 e. The average Bonchev–Trinajstić information content (AvgIpc) is 2.16. The van der Waals surface area contributed by atoms with Gasteiger partial charge in [0.05, 0.1) is 0 Å². The van der Waals surface area contributed by atoms with Crippen LogP contribution in [0.15, 0.2) is 24.8 Å². The highest BCUT2D eigenvalue weighted by molar-refractivity contribution is 5.94. The van der Waals surface area contributed by atoms with Gasteiger partial charge in [-0.3, -0.25) is 4.79 Å². The first kappa shape index (κ1) is 12.3. The molecule has 2 nitrogen and oxygen atoms in total. The van der Waals surface area contributed by atoms with Crippen molar-refractivity contribution in [1.29, 1.82) is 0 Å². The smallest absolute Gasteiger partial charge is 0.259 e. The standard InChI is InChI=1S/C11H10F3NO/c1-3-4-15(2)11(16)10-8(13)5-7(12)6-9(10)14/h3,5-6H,1,4H2,2H3. The van der Waals surface area contributed by atoms with Crippen LogP contribution < -0.4 is 0 Å². The molecule has 86 valence electrons. The molecule has 0 aromatic heterocycles. The van der Waals surface area contributed by atoms with E-state index in [0.717, 1.165) is 4.90 Å². The third-order valence-electron chi connectivity index (χ3n) is 1.97. The summed E-state index contributed by atoms with van der Waals surface area (Å²) in [5, 5.41) is 0. The molecule has 0 fully saturated rings. The molecule has 1 aromatic rings. The van der Waals surface area contributed by atoms with Crippen LogP contribution >= 0.6 is 0 Å². The first-order chi connectivity index (χ1) is 7.47. The van der Waals surface area contributed by atoms with Crippen molar-refractivity contribution in [3.63, 3.8) is 0 Å². The molecule has 0 radical (unpaired) electrons. The first-order valence-electron chi connectivity index (χ1n) is 4.48. The van der Waals surface area contributed by atoms with Crippen molar-refractivity contribution in [1.82, 2.24) is 4.90 Å². The molecule has 0 aliphatic carbocycles. The van der Waals surface area contributed by atoms with Crippen LogP contribution in [0, 0.1) is 17.5 Å². The summed E-state index contributed by atoms with van der Waals surface area (Å²) in [6.45, 7) is 3.54. The van der Waals surface area contributed by atoms with Crippen molar-refractivity contribution in [2.75, 3.05) is 13.6 Å². The molecule has 16 heavy (non-hydrogen) atoms. The maximum atomic E-state index is 13.2. The second-order valence-corrected chi connectivity index (χ2v) is 3.22. The summed E-state index contributed by atoms with van der Waals surface area (Å²) in [5.41, 5.74) is -0.759.